The van der Waals surface area contributed by atoms with Gasteiger partial charge in [-0.3, -0.25) is 0 Å². The fraction of sp³-hybridized carbons (Fsp3) is 0.500. The molecule has 0 N–H and O–H groups in total. The summed E-state index contributed by atoms with van der Waals surface area (Å²) in [5.74, 6) is 1.59. The van der Waals surface area contributed by atoms with E-state index >= 15 is 0 Å². The van der Waals surface area contributed by atoms with Crippen molar-refractivity contribution < 1.29 is 9.47 Å². The number of benzene rings is 1. The molecule has 0 aliphatic heterocycles. The molecule has 0 spiro atoms. The lowest BCUT2D eigenvalue weighted by atomic mass is 10.1. The van der Waals surface area contributed by atoms with Crippen LogP contribution in [0.4, 0.5) is 0 Å². The third kappa shape index (κ3) is 3.13. The van der Waals surface area contributed by atoms with Crippen molar-refractivity contribution >= 4 is 15.9 Å². The highest BCUT2D eigenvalue weighted by atomic mass is 79.9. The van der Waals surface area contributed by atoms with Crippen LogP contribution in [0.15, 0.2) is 16.6 Å². The lowest BCUT2D eigenvalue weighted by Gasteiger charge is -2.13. The van der Waals surface area contributed by atoms with Gasteiger partial charge >= 0.3 is 0 Å². The number of rotatable bonds is 5. The van der Waals surface area contributed by atoms with Gasteiger partial charge in [0.05, 0.1) is 18.2 Å². The fourth-order valence-electron chi connectivity index (χ4n) is 1.49. The molecule has 2 nitrogen and oxygen atoms in total. The smallest absolute Gasteiger partial charge is 0.175 e. The third-order valence-corrected chi connectivity index (χ3v) is 2.71. The van der Waals surface area contributed by atoms with Crippen LogP contribution in [0.2, 0.25) is 0 Å². The lowest BCUT2D eigenvalue weighted by molar-refractivity contribution is 0.308. The first-order valence-corrected chi connectivity index (χ1v) is 6.01. The summed E-state index contributed by atoms with van der Waals surface area (Å²) in [6, 6.07) is 4.14. The first-order chi connectivity index (χ1) is 7.22. The molecule has 84 valence electrons. The molecule has 0 aliphatic rings. The van der Waals surface area contributed by atoms with Crippen LogP contribution in [0.3, 0.4) is 0 Å². The summed E-state index contributed by atoms with van der Waals surface area (Å²) in [6.45, 7) is 4.77. The number of halogens is 1. The molecular weight excluding hydrogens is 256 g/mol. The second kappa shape index (κ2) is 6.01. The van der Waals surface area contributed by atoms with E-state index in [0.717, 1.165) is 28.8 Å². The number of aryl methyl sites for hydroxylation is 1. The molecule has 0 unspecified atom stereocenters. The zero-order chi connectivity index (χ0) is 11.3. The molecule has 0 amide bonds. The number of hydrogen-bond donors (Lipinski definition) is 0. The topological polar surface area (TPSA) is 18.5 Å². The zero-order valence-corrected chi connectivity index (χ0v) is 11.1. The van der Waals surface area contributed by atoms with Gasteiger partial charge in [0.25, 0.3) is 0 Å². The molecule has 1 aromatic rings. The quantitative estimate of drug-likeness (QED) is 0.812. The largest absolute Gasteiger partial charge is 0.493 e. The van der Waals surface area contributed by atoms with Crippen LogP contribution >= 0.6 is 15.9 Å². The highest BCUT2D eigenvalue weighted by Crippen LogP contribution is 2.36. The number of hydrogen-bond acceptors (Lipinski definition) is 2. The normalized spacial score (nSPS) is 10.1. The van der Waals surface area contributed by atoms with E-state index in [4.69, 9.17) is 9.47 Å². The minimum Gasteiger partial charge on any atom is -0.493 e. The van der Waals surface area contributed by atoms with Crippen LogP contribution in [0, 0.1) is 0 Å². The molecule has 0 bridgehead atoms. The second-order valence-electron chi connectivity index (χ2n) is 3.29. The lowest BCUT2D eigenvalue weighted by Crippen LogP contribution is -1.97. The number of methoxy groups -OCH3 is 1. The Labute approximate surface area is 99.7 Å². The average molecular weight is 273 g/mol. The molecule has 15 heavy (non-hydrogen) atoms. The summed E-state index contributed by atoms with van der Waals surface area (Å²) < 4.78 is 11.8. The SMILES string of the molecule is CCCc1cc(Br)c(OCC)c(OC)c1. The van der Waals surface area contributed by atoms with Crippen molar-refractivity contribution in [3.63, 3.8) is 0 Å². The summed E-state index contributed by atoms with van der Waals surface area (Å²) >= 11 is 3.50. The molecule has 0 saturated heterocycles. The van der Waals surface area contributed by atoms with Crippen LogP contribution in [0.25, 0.3) is 0 Å². The standard InChI is InChI=1S/C12H17BrO2/c1-4-6-9-7-10(13)12(15-5-2)11(8-9)14-3/h7-8H,4-6H2,1-3H3. The first-order valence-electron chi connectivity index (χ1n) is 5.22. The number of ether oxygens (including phenoxy) is 2. The molecule has 0 heterocycles. The maximum absolute atomic E-state index is 5.52. The predicted octanol–water partition coefficient (Wildman–Crippen LogP) is 3.81. The average Bonchev–Trinajstić information content (AvgIpc) is 2.22. The molecule has 1 aromatic carbocycles. The van der Waals surface area contributed by atoms with E-state index in [1.165, 1.54) is 5.56 Å². The molecule has 0 atom stereocenters. The van der Waals surface area contributed by atoms with E-state index in [1.807, 2.05) is 13.0 Å². The monoisotopic (exact) mass is 272 g/mol. The molecular formula is C12H17BrO2. The molecule has 3 heteroatoms. The Bertz CT molecular complexity index is 324. The van der Waals surface area contributed by atoms with E-state index in [2.05, 4.69) is 28.9 Å². The fourth-order valence-corrected chi connectivity index (χ4v) is 2.09. The molecule has 0 aliphatic carbocycles. The van der Waals surface area contributed by atoms with Crippen molar-refractivity contribution in [3.8, 4) is 11.5 Å². The first kappa shape index (κ1) is 12.4. The van der Waals surface area contributed by atoms with Crippen molar-refractivity contribution in [3.05, 3.63) is 22.2 Å². The van der Waals surface area contributed by atoms with Gasteiger partial charge in [0.1, 0.15) is 0 Å². The van der Waals surface area contributed by atoms with E-state index in [9.17, 15) is 0 Å². The zero-order valence-electron chi connectivity index (χ0n) is 9.47. The highest BCUT2D eigenvalue weighted by Gasteiger charge is 2.10. The third-order valence-electron chi connectivity index (χ3n) is 2.12. The maximum Gasteiger partial charge on any atom is 0.175 e. The Morgan fingerprint density at radius 3 is 2.53 bits per heavy atom. The van der Waals surface area contributed by atoms with Crippen molar-refractivity contribution in [1.82, 2.24) is 0 Å². The van der Waals surface area contributed by atoms with Gasteiger partial charge in [0, 0.05) is 0 Å². The summed E-state index contributed by atoms with van der Waals surface area (Å²) in [6.07, 6.45) is 2.19. The van der Waals surface area contributed by atoms with Crippen molar-refractivity contribution in [2.24, 2.45) is 0 Å². The Hall–Kier alpha value is -0.700. The van der Waals surface area contributed by atoms with E-state index in [1.54, 1.807) is 7.11 Å². The van der Waals surface area contributed by atoms with Crippen LogP contribution in [-0.4, -0.2) is 13.7 Å². The molecule has 0 aromatic heterocycles. The van der Waals surface area contributed by atoms with Crippen molar-refractivity contribution in [2.75, 3.05) is 13.7 Å². The van der Waals surface area contributed by atoms with Crippen molar-refractivity contribution in [1.29, 1.82) is 0 Å². The maximum atomic E-state index is 5.52. The van der Waals surface area contributed by atoms with Crippen molar-refractivity contribution in [2.45, 2.75) is 26.7 Å². The molecule has 1 rings (SSSR count). The minimum absolute atomic E-state index is 0.641. The molecule has 0 radical (unpaired) electrons. The van der Waals surface area contributed by atoms with Crippen LogP contribution < -0.4 is 9.47 Å². The van der Waals surface area contributed by atoms with Gasteiger partial charge in [-0.2, -0.15) is 0 Å². The summed E-state index contributed by atoms with van der Waals surface area (Å²) in [4.78, 5) is 0. The minimum atomic E-state index is 0.641. The Kier molecular flexibility index (Phi) is 4.95. The van der Waals surface area contributed by atoms with E-state index < -0.39 is 0 Å². The van der Waals surface area contributed by atoms with E-state index in [0.29, 0.717) is 6.61 Å². The van der Waals surface area contributed by atoms with Gasteiger partial charge < -0.3 is 9.47 Å². The Balaban J connectivity index is 3.06. The van der Waals surface area contributed by atoms with Crippen LogP contribution in [0.5, 0.6) is 11.5 Å². The predicted molar refractivity (Wildman–Crippen MR) is 65.9 cm³/mol. The Morgan fingerprint density at radius 2 is 2.00 bits per heavy atom. The highest BCUT2D eigenvalue weighted by molar-refractivity contribution is 9.10. The summed E-state index contributed by atoms with van der Waals surface area (Å²) in [5, 5.41) is 0. The summed E-state index contributed by atoms with van der Waals surface area (Å²) in [5.41, 5.74) is 1.27. The Morgan fingerprint density at radius 1 is 1.27 bits per heavy atom. The molecule has 0 fully saturated rings. The van der Waals surface area contributed by atoms with Gasteiger partial charge in [0.2, 0.25) is 0 Å². The molecule has 0 saturated carbocycles. The summed E-state index contributed by atoms with van der Waals surface area (Å²) in [7, 11) is 1.67. The van der Waals surface area contributed by atoms with Gasteiger partial charge in [-0.1, -0.05) is 13.3 Å². The van der Waals surface area contributed by atoms with Gasteiger partial charge in [0.15, 0.2) is 11.5 Å². The van der Waals surface area contributed by atoms with Gasteiger partial charge in [-0.05, 0) is 47.0 Å². The van der Waals surface area contributed by atoms with Gasteiger partial charge in [-0.15, -0.1) is 0 Å². The second-order valence-corrected chi connectivity index (χ2v) is 4.15. The van der Waals surface area contributed by atoms with Crippen LogP contribution in [-0.2, 0) is 6.42 Å². The van der Waals surface area contributed by atoms with Gasteiger partial charge in [-0.25, -0.2) is 0 Å². The van der Waals surface area contributed by atoms with Crippen LogP contribution in [0.1, 0.15) is 25.8 Å². The van der Waals surface area contributed by atoms with E-state index in [-0.39, 0.29) is 0 Å².